The van der Waals surface area contributed by atoms with Crippen molar-refractivity contribution in [2.75, 3.05) is 5.32 Å². The molecule has 0 saturated carbocycles. The molecule has 0 aliphatic heterocycles. The molecule has 18 heavy (non-hydrogen) atoms. The predicted molar refractivity (Wildman–Crippen MR) is 58.2 cm³/mol. The molecule has 0 bridgehead atoms. The molecule has 1 heterocycles. The first-order valence-corrected chi connectivity index (χ1v) is 4.71. The Labute approximate surface area is 100 Å². The van der Waals surface area contributed by atoms with Crippen LogP contribution in [0.5, 0.6) is 0 Å². The highest BCUT2D eigenvalue weighted by molar-refractivity contribution is 5.83. The maximum atomic E-state index is 10.8. The number of hydrogen-bond acceptors (Lipinski definition) is 6. The van der Waals surface area contributed by atoms with E-state index >= 15 is 0 Å². The SMILES string of the molecule is O=C(O)CC(Nc1cc([N+](=O)[O-])ccn1)C(=O)O. The van der Waals surface area contributed by atoms with Gasteiger partial charge < -0.3 is 15.5 Å². The molecule has 0 spiro atoms. The Morgan fingerprint density at radius 1 is 1.50 bits per heavy atom. The average molecular weight is 255 g/mol. The molecule has 3 N–H and O–H groups in total. The first-order chi connectivity index (χ1) is 8.40. The number of nitrogens with zero attached hydrogens (tertiary/aromatic N) is 2. The molecule has 0 radical (unpaired) electrons. The van der Waals surface area contributed by atoms with E-state index in [0.29, 0.717) is 0 Å². The highest BCUT2D eigenvalue weighted by Gasteiger charge is 2.21. The van der Waals surface area contributed by atoms with Crippen molar-refractivity contribution in [3.8, 4) is 0 Å². The second-order valence-corrected chi connectivity index (χ2v) is 3.29. The van der Waals surface area contributed by atoms with Crippen molar-refractivity contribution in [3.05, 3.63) is 28.4 Å². The third kappa shape index (κ3) is 3.70. The van der Waals surface area contributed by atoms with Crippen molar-refractivity contribution >= 4 is 23.4 Å². The largest absolute Gasteiger partial charge is 0.481 e. The second kappa shape index (κ2) is 5.57. The fraction of sp³-hybridized carbons (Fsp3) is 0.222. The van der Waals surface area contributed by atoms with Crippen LogP contribution in [0.4, 0.5) is 11.5 Å². The van der Waals surface area contributed by atoms with Crippen molar-refractivity contribution in [1.29, 1.82) is 0 Å². The van der Waals surface area contributed by atoms with Crippen LogP contribution in [0, 0.1) is 10.1 Å². The summed E-state index contributed by atoms with van der Waals surface area (Å²) >= 11 is 0. The molecule has 0 amide bonds. The van der Waals surface area contributed by atoms with E-state index in [9.17, 15) is 19.7 Å². The van der Waals surface area contributed by atoms with E-state index in [-0.39, 0.29) is 11.5 Å². The summed E-state index contributed by atoms with van der Waals surface area (Å²) in [4.78, 5) is 34.7. The Kier molecular flexibility index (Phi) is 4.13. The highest BCUT2D eigenvalue weighted by Crippen LogP contribution is 2.15. The zero-order valence-electron chi connectivity index (χ0n) is 8.94. The number of carboxylic acid groups (broad SMARTS) is 2. The van der Waals surface area contributed by atoms with E-state index in [0.717, 1.165) is 18.3 Å². The number of carboxylic acids is 2. The van der Waals surface area contributed by atoms with E-state index in [1.54, 1.807) is 0 Å². The molecule has 9 nitrogen and oxygen atoms in total. The standard InChI is InChI=1S/C9H9N3O6/c13-8(14)4-6(9(15)16)11-7-3-5(12(17)18)1-2-10-7/h1-3,6H,4H2,(H,10,11)(H,13,14)(H,15,16). The highest BCUT2D eigenvalue weighted by atomic mass is 16.6. The first kappa shape index (κ1) is 13.4. The number of rotatable bonds is 6. The minimum atomic E-state index is -1.41. The fourth-order valence-electron chi connectivity index (χ4n) is 1.17. The molecule has 1 aromatic rings. The van der Waals surface area contributed by atoms with Gasteiger partial charge in [-0.15, -0.1) is 0 Å². The number of aromatic nitrogens is 1. The Morgan fingerprint density at radius 2 is 2.17 bits per heavy atom. The third-order valence-corrected chi connectivity index (χ3v) is 1.95. The van der Waals surface area contributed by atoms with Gasteiger partial charge in [-0.05, 0) is 0 Å². The number of nitrogens with one attached hydrogen (secondary N) is 1. The first-order valence-electron chi connectivity index (χ1n) is 4.71. The summed E-state index contributed by atoms with van der Waals surface area (Å²) in [6.07, 6.45) is 0.458. The molecule has 1 rings (SSSR count). The lowest BCUT2D eigenvalue weighted by Crippen LogP contribution is -2.32. The molecule has 1 unspecified atom stereocenters. The topological polar surface area (TPSA) is 143 Å². The van der Waals surface area contributed by atoms with Crippen LogP contribution in [0.25, 0.3) is 0 Å². The quantitative estimate of drug-likeness (QED) is 0.487. The van der Waals surface area contributed by atoms with Gasteiger partial charge in [0.15, 0.2) is 0 Å². The minimum absolute atomic E-state index is 0.0714. The second-order valence-electron chi connectivity index (χ2n) is 3.29. The molecule has 9 heteroatoms. The van der Waals surface area contributed by atoms with Crippen LogP contribution in [-0.2, 0) is 9.59 Å². The van der Waals surface area contributed by atoms with Crippen LogP contribution < -0.4 is 5.32 Å². The van der Waals surface area contributed by atoms with Gasteiger partial charge in [0.2, 0.25) is 0 Å². The summed E-state index contributed by atoms with van der Waals surface area (Å²) in [6, 6.07) is 0.757. The third-order valence-electron chi connectivity index (χ3n) is 1.95. The molecule has 0 aliphatic rings. The number of nitro groups is 1. The predicted octanol–water partition coefficient (Wildman–Crippen LogP) is 0.330. The summed E-state index contributed by atoms with van der Waals surface area (Å²) in [5.41, 5.74) is -0.271. The average Bonchev–Trinajstić information content (AvgIpc) is 2.27. The van der Waals surface area contributed by atoms with Crippen molar-refractivity contribution < 1.29 is 24.7 Å². The maximum Gasteiger partial charge on any atom is 0.326 e. The van der Waals surface area contributed by atoms with Crippen LogP contribution in [0.1, 0.15) is 6.42 Å². The van der Waals surface area contributed by atoms with E-state index in [1.807, 2.05) is 0 Å². The van der Waals surface area contributed by atoms with Gasteiger partial charge in [0, 0.05) is 12.3 Å². The molecule has 0 aliphatic carbocycles. The molecule has 0 saturated heterocycles. The van der Waals surface area contributed by atoms with Crippen molar-refractivity contribution in [3.63, 3.8) is 0 Å². The van der Waals surface area contributed by atoms with E-state index in [4.69, 9.17) is 10.2 Å². The van der Waals surface area contributed by atoms with Crippen LogP contribution in [0.2, 0.25) is 0 Å². The van der Waals surface area contributed by atoms with Crippen molar-refractivity contribution in [1.82, 2.24) is 4.98 Å². The van der Waals surface area contributed by atoms with E-state index < -0.39 is 29.3 Å². The van der Waals surface area contributed by atoms with E-state index in [2.05, 4.69) is 10.3 Å². The zero-order chi connectivity index (χ0) is 13.7. The molecule has 96 valence electrons. The van der Waals surface area contributed by atoms with Crippen LogP contribution >= 0.6 is 0 Å². The Bertz CT molecular complexity index is 489. The minimum Gasteiger partial charge on any atom is -0.481 e. The van der Waals surface area contributed by atoms with Crippen molar-refractivity contribution in [2.45, 2.75) is 12.5 Å². The Morgan fingerprint density at radius 3 is 2.67 bits per heavy atom. The Hall–Kier alpha value is -2.71. The molecule has 0 fully saturated rings. The number of anilines is 1. The van der Waals surface area contributed by atoms with Gasteiger partial charge in [-0.2, -0.15) is 0 Å². The van der Waals surface area contributed by atoms with Crippen LogP contribution in [0.3, 0.4) is 0 Å². The zero-order valence-corrected chi connectivity index (χ0v) is 8.94. The summed E-state index contributed by atoms with van der Waals surface area (Å²) in [5.74, 6) is -2.76. The summed E-state index contributed by atoms with van der Waals surface area (Å²) in [5, 5.41) is 30.1. The maximum absolute atomic E-state index is 10.8. The van der Waals surface area contributed by atoms with Gasteiger partial charge in [-0.1, -0.05) is 0 Å². The number of carbonyl (C=O) groups is 2. The molecule has 1 aromatic heterocycles. The van der Waals surface area contributed by atoms with Gasteiger partial charge in [0.05, 0.1) is 17.4 Å². The number of aliphatic carboxylic acids is 2. The summed E-state index contributed by atoms with van der Waals surface area (Å²) < 4.78 is 0. The fourth-order valence-corrected chi connectivity index (χ4v) is 1.17. The van der Waals surface area contributed by atoms with Gasteiger partial charge in [0.1, 0.15) is 11.9 Å². The summed E-state index contributed by atoms with van der Waals surface area (Å²) in [7, 11) is 0. The van der Waals surface area contributed by atoms with Crippen molar-refractivity contribution in [2.24, 2.45) is 0 Å². The van der Waals surface area contributed by atoms with Crippen LogP contribution in [-0.4, -0.2) is 38.1 Å². The lowest BCUT2D eigenvalue weighted by atomic mass is 10.2. The molecular weight excluding hydrogens is 246 g/mol. The molecule has 1 atom stereocenters. The van der Waals surface area contributed by atoms with Crippen LogP contribution in [0.15, 0.2) is 18.3 Å². The molecular formula is C9H9N3O6. The number of pyridine rings is 1. The lowest BCUT2D eigenvalue weighted by molar-refractivity contribution is -0.384. The Balaban J connectivity index is 2.86. The van der Waals surface area contributed by atoms with Gasteiger partial charge in [0.25, 0.3) is 5.69 Å². The molecule has 0 aromatic carbocycles. The van der Waals surface area contributed by atoms with Gasteiger partial charge in [-0.25, -0.2) is 9.78 Å². The van der Waals surface area contributed by atoms with Gasteiger partial charge >= 0.3 is 11.9 Å². The summed E-state index contributed by atoms with van der Waals surface area (Å²) in [6.45, 7) is 0. The van der Waals surface area contributed by atoms with Gasteiger partial charge in [-0.3, -0.25) is 14.9 Å². The van der Waals surface area contributed by atoms with E-state index in [1.165, 1.54) is 0 Å². The normalized spacial score (nSPS) is 11.6. The smallest absolute Gasteiger partial charge is 0.326 e. The lowest BCUT2D eigenvalue weighted by Gasteiger charge is -2.12. The monoisotopic (exact) mass is 255 g/mol. The number of hydrogen-bond donors (Lipinski definition) is 3.